The molecule has 0 unspecified atom stereocenters. The standard InChI is InChI=1S/C24H40O8S/c1-13(4-7-21(27)28)16-5-6-17-22-18(12-20(26)24(16,17)3)23(2)9-8-15(32-33(29,30)31)10-14(23)11-19(22)25/h13-20,22,25-26H,4-12H2,1-3H3,(H,27,28)(H,29,30,31)/t13-,14-,15-,16-,17+,18+,19-,20+,22+,23+,24-/m1/s1. The summed E-state index contributed by atoms with van der Waals surface area (Å²) in [6.07, 6.45) is 3.91. The van der Waals surface area contributed by atoms with Crippen molar-refractivity contribution >= 4 is 16.4 Å². The van der Waals surface area contributed by atoms with Gasteiger partial charge in [0.25, 0.3) is 0 Å². The molecule has 0 aromatic carbocycles. The number of rotatable bonds is 6. The molecule has 8 nitrogen and oxygen atoms in total. The fourth-order valence-corrected chi connectivity index (χ4v) is 9.45. The Bertz CT molecular complexity index is 861. The number of aliphatic hydroxyl groups excluding tert-OH is 2. The molecule has 9 heteroatoms. The van der Waals surface area contributed by atoms with Crippen molar-refractivity contribution in [2.24, 2.45) is 46.3 Å². The number of aliphatic hydroxyl groups is 2. The van der Waals surface area contributed by atoms with Crippen molar-refractivity contribution in [3.63, 3.8) is 0 Å². The minimum absolute atomic E-state index is 0.0671. The molecule has 0 aliphatic heterocycles. The number of carboxylic acid groups (broad SMARTS) is 1. The summed E-state index contributed by atoms with van der Waals surface area (Å²) in [5.41, 5.74) is -0.465. The third-order valence-electron chi connectivity index (χ3n) is 10.6. The highest BCUT2D eigenvalue weighted by atomic mass is 32.3. The molecule has 4 N–H and O–H groups in total. The molecule has 0 aromatic rings. The molecular formula is C24H40O8S. The average Bonchev–Trinajstić information content (AvgIpc) is 3.05. The average molecular weight is 489 g/mol. The van der Waals surface area contributed by atoms with Crippen molar-refractivity contribution in [1.29, 1.82) is 0 Å². The van der Waals surface area contributed by atoms with Gasteiger partial charge in [-0.1, -0.05) is 20.8 Å². The molecule has 4 aliphatic rings. The predicted molar refractivity (Wildman–Crippen MR) is 120 cm³/mol. The van der Waals surface area contributed by atoms with Crippen LogP contribution < -0.4 is 0 Å². The molecular weight excluding hydrogens is 448 g/mol. The monoisotopic (exact) mass is 488 g/mol. The summed E-state index contributed by atoms with van der Waals surface area (Å²) < 4.78 is 36.4. The zero-order chi connectivity index (χ0) is 24.3. The van der Waals surface area contributed by atoms with Crippen LogP contribution >= 0.6 is 0 Å². The van der Waals surface area contributed by atoms with Gasteiger partial charge in [0.15, 0.2) is 0 Å². The number of hydrogen-bond donors (Lipinski definition) is 4. The second-order valence-corrected chi connectivity index (χ2v) is 13.0. The summed E-state index contributed by atoms with van der Waals surface area (Å²) >= 11 is 0. The summed E-state index contributed by atoms with van der Waals surface area (Å²) in [6.45, 7) is 6.48. The minimum Gasteiger partial charge on any atom is -0.481 e. The fraction of sp³-hybridized carbons (Fsp3) is 0.958. The summed E-state index contributed by atoms with van der Waals surface area (Å²) in [5.74, 6) is 0.102. The summed E-state index contributed by atoms with van der Waals surface area (Å²) in [4.78, 5) is 11.1. The Morgan fingerprint density at radius 1 is 1.09 bits per heavy atom. The van der Waals surface area contributed by atoms with Crippen LogP contribution in [0.4, 0.5) is 0 Å². The van der Waals surface area contributed by atoms with E-state index >= 15 is 0 Å². The van der Waals surface area contributed by atoms with Gasteiger partial charge in [0, 0.05) is 6.42 Å². The molecule has 0 aromatic heterocycles. The lowest BCUT2D eigenvalue weighted by atomic mass is 9.43. The van der Waals surface area contributed by atoms with Gasteiger partial charge in [0.1, 0.15) is 0 Å². The first-order valence-electron chi connectivity index (χ1n) is 12.5. The first-order chi connectivity index (χ1) is 15.3. The molecule has 0 saturated heterocycles. The summed E-state index contributed by atoms with van der Waals surface area (Å²) in [6, 6.07) is 0. The quantitative estimate of drug-likeness (QED) is 0.417. The first-order valence-corrected chi connectivity index (χ1v) is 13.9. The van der Waals surface area contributed by atoms with Gasteiger partial charge >= 0.3 is 16.4 Å². The van der Waals surface area contributed by atoms with Crippen LogP contribution in [0.2, 0.25) is 0 Å². The van der Waals surface area contributed by atoms with Crippen molar-refractivity contribution < 1.29 is 37.3 Å². The molecule has 190 valence electrons. The number of hydrogen-bond acceptors (Lipinski definition) is 6. The van der Waals surface area contributed by atoms with Crippen LogP contribution in [-0.2, 0) is 19.4 Å². The Morgan fingerprint density at radius 3 is 2.42 bits per heavy atom. The predicted octanol–water partition coefficient (Wildman–Crippen LogP) is 3.28. The molecule has 11 atom stereocenters. The molecule has 0 spiro atoms. The maximum Gasteiger partial charge on any atom is 0.397 e. The molecule has 4 aliphatic carbocycles. The van der Waals surface area contributed by atoms with Gasteiger partial charge < -0.3 is 15.3 Å². The van der Waals surface area contributed by atoms with E-state index in [0.29, 0.717) is 32.1 Å². The lowest BCUT2D eigenvalue weighted by molar-refractivity contribution is -0.206. The fourth-order valence-electron chi connectivity index (χ4n) is 8.93. The van der Waals surface area contributed by atoms with E-state index in [1.54, 1.807) is 0 Å². The molecule has 4 rings (SSSR count). The number of carboxylic acids is 1. The van der Waals surface area contributed by atoms with Gasteiger partial charge in [-0.15, -0.1) is 0 Å². The molecule has 4 saturated carbocycles. The smallest absolute Gasteiger partial charge is 0.397 e. The van der Waals surface area contributed by atoms with Crippen LogP contribution in [0.5, 0.6) is 0 Å². The van der Waals surface area contributed by atoms with E-state index in [1.807, 2.05) is 0 Å². The highest BCUT2D eigenvalue weighted by molar-refractivity contribution is 7.80. The first kappa shape index (κ1) is 25.4. The SMILES string of the molecule is C[C@H](CCC(=O)O)[C@H]1CC[C@H]2[C@@H]3[C@H](O)C[C@H]4C[C@H](OS(=O)(=O)O)CC[C@]4(C)[C@H]3C[C@H](O)[C@]12C. The van der Waals surface area contributed by atoms with Crippen molar-refractivity contribution in [2.45, 2.75) is 96.9 Å². The van der Waals surface area contributed by atoms with Crippen molar-refractivity contribution in [3.05, 3.63) is 0 Å². The largest absolute Gasteiger partial charge is 0.481 e. The maximum atomic E-state index is 11.5. The molecule has 33 heavy (non-hydrogen) atoms. The van der Waals surface area contributed by atoms with Gasteiger partial charge in [0.05, 0.1) is 18.3 Å². The van der Waals surface area contributed by atoms with E-state index in [1.165, 1.54) is 0 Å². The lowest BCUT2D eigenvalue weighted by Gasteiger charge is -2.63. The Labute approximate surface area is 197 Å². The summed E-state index contributed by atoms with van der Waals surface area (Å²) in [7, 11) is -4.51. The number of fused-ring (bicyclic) bond motifs is 5. The van der Waals surface area contributed by atoms with E-state index in [-0.39, 0.29) is 52.8 Å². The summed E-state index contributed by atoms with van der Waals surface area (Å²) in [5, 5.41) is 32.0. The van der Waals surface area contributed by atoms with E-state index in [9.17, 15) is 23.4 Å². The van der Waals surface area contributed by atoms with Gasteiger partial charge in [-0.2, -0.15) is 8.42 Å². The topological polar surface area (TPSA) is 141 Å². The van der Waals surface area contributed by atoms with Crippen LogP contribution in [-0.4, -0.2) is 52.6 Å². The van der Waals surface area contributed by atoms with E-state index < -0.39 is 34.7 Å². The van der Waals surface area contributed by atoms with Crippen molar-refractivity contribution in [1.82, 2.24) is 0 Å². The molecule has 0 heterocycles. The second-order valence-electron chi connectivity index (χ2n) is 11.9. The van der Waals surface area contributed by atoms with Gasteiger partial charge in [-0.3, -0.25) is 9.35 Å². The van der Waals surface area contributed by atoms with Crippen LogP contribution in [0.15, 0.2) is 0 Å². The minimum atomic E-state index is -4.51. The zero-order valence-corrected chi connectivity index (χ0v) is 20.7. The third-order valence-corrected chi connectivity index (χ3v) is 11.1. The molecule has 0 bridgehead atoms. The Balaban J connectivity index is 1.56. The molecule has 0 amide bonds. The van der Waals surface area contributed by atoms with Crippen molar-refractivity contribution in [2.75, 3.05) is 0 Å². The maximum absolute atomic E-state index is 11.5. The lowest BCUT2D eigenvalue weighted by Crippen LogP contribution is -2.62. The Kier molecular flexibility index (Phi) is 6.71. The van der Waals surface area contributed by atoms with E-state index in [4.69, 9.17) is 13.8 Å². The van der Waals surface area contributed by atoms with E-state index in [2.05, 4.69) is 20.8 Å². The van der Waals surface area contributed by atoms with Gasteiger partial charge in [0.2, 0.25) is 0 Å². The zero-order valence-electron chi connectivity index (χ0n) is 19.9. The number of aliphatic carboxylic acids is 1. The highest BCUT2D eigenvalue weighted by Gasteiger charge is 2.65. The molecule has 4 fully saturated rings. The second kappa shape index (κ2) is 8.73. The molecule has 0 radical (unpaired) electrons. The third kappa shape index (κ3) is 4.37. The van der Waals surface area contributed by atoms with Gasteiger partial charge in [-0.05, 0) is 97.7 Å². The Hall–Kier alpha value is -0.740. The van der Waals surface area contributed by atoms with Crippen LogP contribution in [0.25, 0.3) is 0 Å². The normalized spacial score (nSPS) is 48.4. The van der Waals surface area contributed by atoms with Crippen LogP contribution in [0.1, 0.15) is 78.6 Å². The number of carbonyl (C=O) groups is 1. The Morgan fingerprint density at radius 2 is 1.79 bits per heavy atom. The van der Waals surface area contributed by atoms with Crippen molar-refractivity contribution in [3.8, 4) is 0 Å². The van der Waals surface area contributed by atoms with E-state index in [0.717, 1.165) is 19.3 Å². The van der Waals surface area contributed by atoms with Crippen LogP contribution in [0.3, 0.4) is 0 Å². The van der Waals surface area contributed by atoms with Gasteiger partial charge in [-0.25, -0.2) is 4.18 Å². The van der Waals surface area contributed by atoms with Crippen LogP contribution in [0, 0.1) is 46.3 Å². The highest BCUT2D eigenvalue weighted by Crippen LogP contribution is 2.68.